The van der Waals surface area contributed by atoms with Crippen LogP contribution in [0.3, 0.4) is 0 Å². The lowest BCUT2D eigenvalue weighted by molar-refractivity contribution is -0.137. The molecule has 0 bridgehead atoms. The van der Waals surface area contributed by atoms with Crippen LogP contribution in [0.1, 0.15) is 11.1 Å². The van der Waals surface area contributed by atoms with Crippen molar-refractivity contribution >= 4 is 33.4 Å². The number of halogens is 4. The van der Waals surface area contributed by atoms with Gasteiger partial charge in [-0.1, -0.05) is 23.7 Å². The molecular weight excluding hydrogens is 411 g/mol. The first-order valence-corrected chi connectivity index (χ1v) is 8.67. The number of aromatic amines is 2. The van der Waals surface area contributed by atoms with Crippen molar-refractivity contribution in [2.45, 2.75) is 12.7 Å². The van der Waals surface area contributed by atoms with Crippen molar-refractivity contribution < 1.29 is 13.2 Å². The molecule has 0 spiro atoms. The fourth-order valence-electron chi connectivity index (χ4n) is 3.09. The first-order chi connectivity index (χ1) is 13.6. The van der Waals surface area contributed by atoms with Crippen LogP contribution in [0.15, 0.2) is 56.8 Å². The van der Waals surface area contributed by atoms with E-state index in [-0.39, 0.29) is 22.8 Å². The van der Waals surface area contributed by atoms with Crippen LogP contribution in [0.5, 0.6) is 0 Å². The number of nitrogens with one attached hydrogen (secondary N) is 2. The lowest BCUT2D eigenvalue weighted by atomic mass is 10.1. The highest BCUT2D eigenvalue weighted by Crippen LogP contribution is 2.29. The number of aromatic nitrogens is 3. The summed E-state index contributed by atoms with van der Waals surface area (Å²) in [4.78, 5) is 40.8. The van der Waals surface area contributed by atoms with Crippen LogP contribution in [-0.4, -0.2) is 14.8 Å². The van der Waals surface area contributed by atoms with Crippen molar-refractivity contribution in [3.8, 4) is 0 Å². The van der Waals surface area contributed by atoms with E-state index >= 15 is 0 Å². The van der Waals surface area contributed by atoms with E-state index in [9.17, 15) is 27.6 Å². The Bertz CT molecular complexity index is 1430. The molecule has 0 aliphatic heterocycles. The van der Waals surface area contributed by atoms with E-state index in [0.29, 0.717) is 16.1 Å². The quantitative estimate of drug-likeness (QED) is 0.487. The maximum Gasteiger partial charge on any atom is 0.416 e. The van der Waals surface area contributed by atoms with Gasteiger partial charge in [0.2, 0.25) is 5.43 Å². The molecule has 0 aliphatic rings. The van der Waals surface area contributed by atoms with Crippen LogP contribution >= 0.6 is 11.6 Å². The zero-order chi connectivity index (χ0) is 20.9. The van der Waals surface area contributed by atoms with E-state index < -0.39 is 28.3 Å². The van der Waals surface area contributed by atoms with Crippen LogP contribution in [0.25, 0.3) is 21.8 Å². The lowest BCUT2D eigenvalue weighted by Gasteiger charge is -2.10. The van der Waals surface area contributed by atoms with Gasteiger partial charge in [-0.25, -0.2) is 4.68 Å². The maximum atomic E-state index is 12.8. The fraction of sp³-hybridized carbons (Fsp3) is 0.105. The van der Waals surface area contributed by atoms with Gasteiger partial charge in [-0.3, -0.25) is 19.5 Å². The molecule has 0 fully saturated rings. The molecule has 148 valence electrons. The third-order valence-corrected chi connectivity index (χ3v) is 4.74. The molecule has 0 saturated heterocycles. The molecule has 2 aromatic carbocycles. The average Bonchev–Trinajstić information content (AvgIpc) is 2.65. The number of nitrogens with zero attached hydrogens (tertiary/aromatic N) is 1. The van der Waals surface area contributed by atoms with E-state index in [1.165, 1.54) is 30.3 Å². The molecule has 0 aliphatic carbocycles. The molecule has 29 heavy (non-hydrogen) atoms. The zero-order valence-electron chi connectivity index (χ0n) is 14.4. The van der Waals surface area contributed by atoms with E-state index in [2.05, 4.69) is 10.1 Å². The second kappa shape index (κ2) is 6.63. The standard InChI is InChI=1S/C19H11ClF3N3O3/c20-11-5-6-12-13(7-11)24-15-14(16(12)27)18(29)26(25-17(15)28)8-9-1-3-10(4-2-9)19(21,22)23/h1-7H,8H2,(H,24,27)(H,25,28). The molecule has 0 saturated carbocycles. The normalized spacial score (nSPS) is 12.0. The van der Waals surface area contributed by atoms with Gasteiger partial charge in [0.05, 0.1) is 17.6 Å². The molecule has 2 N–H and O–H groups in total. The van der Waals surface area contributed by atoms with Gasteiger partial charge in [0.1, 0.15) is 10.9 Å². The van der Waals surface area contributed by atoms with Crippen LogP contribution in [0.2, 0.25) is 5.02 Å². The smallest absolute Gasteiger partial charge is 0.350 e. The second-order valence-corrected chi connectivity index (χ2v) is 6.86. The van der Waals surface area contributed by atoms with Gasteiger partial charge in [0, 0.05) is 10.4 Å². The molecule has 2 heterocycles. The third kappa shape index (κ3) is 3.33. The summed E-state index contributed by atoms with van der Waals surface area (Å²) in [5.41, 5.74) is -2.49. The Labute approximate surface area is 164 Å². The summed E-state index contributed by atoms with van der Waals surface area (Å²) in [6.07, 6.45) is -4.48. The van der Waals surface area contributed by atoms with Crippen molar-refractivity contribution in [1.82, 2.24) is 14.8 Å². The minimum atomic E-state index is -4.48. The number of H-pyrrole nitrogens is 2. The van der Waals surface area contributed by atoms with Crippen molar-refractivity contribution in [2.75, 3.05) is 0 Å². The molecule has 10 heteroatoms. The minimum Gasteiger partial charge on any atom is -0.350 e. The van der Waals surface area contributed by atoms with Gasteiger partial charge < -0.3 is 4.98 Å². The predicted octanol–water partition coefficient (Wildman–Crippen LogP) is 3.25. The Balaban J connectivity index is 1.87. The van der Waals surface area contributed by atoms with Crippen molar-refractivity contribution in [3.05, 3.63) is 89.5 Å². The molecule has 4 rings (SSSR count). The summed E-state index contributed by atoms with van der Waals surface area (Å²) < 4.78 is 39.0. The Morgan fingerprint density at radius 2 is 1.69 bits per heavy atom. The first-order valence-electron chi connectivity index (χ1n) is 8.29. The van der Waals surface area contributed by atoms with Crippen molar-refractivity contribution in [2.24, 2.45) is 0 Å². The van der Waals surface area contributed by atoms with E-state index in [1.54, 1.807) is 0 Å². The Morgan fingerprint density at radius 3 is 2.34 bits per heavy atom. The van der Waals surface area contributed by atoms with Gasteiger partial charge in [-0.2, -0.15) is 13.2 Å². The third-order valence-electron chi connectivity index (χ3n) is 4.51. The minimum absolute atomic E-state index is 0.186. The van der Waals surface area contributed by atoms with Crippen LogP contribution in [-0.2, 0) is 12.7 Å². The highest BCUT2D eigenvalue weighted by atomic mass is 35.5. The largest absolute Gasteiger partial charge is 0.416 e. The Morgan fingerprint density at radius 1 is 1.00 bits per heavy atom. The van der Waals surface area contributed by atoms with Crippen LogP contribution in [0, 0.1) is 0 Å². The molecule has 0 unspecified atom stereocenters. The SMILES string of the molecule is O=c1[nH]n(Cc2ccc(C(F)(F)F)cc2)c(=O)c2c(=O)c3ccc(Cl)cc3[nH]c12. The predicted molar refractivity (Wildman–Crippen MR) is 103 cm³/mol. The highest BCUT2D eigenvalue weighted by Gasteiger charge is 2.29. The Kier molecular flexibility index (Phi) is 4.34. The summed E-state index contributed by atoms with van der Waals surface area (Å²) in [5, 5.41) is 2.54. The van der Waals surface area contributed by atoms with Crippen molar-refractivity contribution in [3.63, 3.8) is 0 Å². The number of fused-ring (bicyclic) bond motifs is 2. The summed E-state index contributed by atoms with van der Waals surface area (Å²) >= 11 is 5.90. The molecule has 6 nitrogen and oxygen atoms in total. The molecule has 0 atom stereocenters. The topological polar surface area (TPSA) is 87.7 Å². The van der Waals surface area contributed by atoms with Gasteiger partial charge in [-0.05, 0) is 35.9 Å². The van der Waals surface area contributed by atoms with E-state index in [4.69, 9.17) is 11.6 Å². The van der Waals surface area contributed by atoms with Crippen LogP contribution < -0.4 is 16.5 Å². The summed E-state index contributed by atoms with van der Waals surface area (Å²) in [7, 11) is 0. The fourth-order valence-corrected chi connectivity index (χ4v) is 3.27. The second-order valence-electron chi connectivity index (χ2n) is 6.42. The first kappa shape index (κ1) is 19.0. The summed E-state index contributed by atoms with van der Waals surface area (Å²) in [5.74, 6) is 0. The van der Waals surface area contributed by atoms with Gasteiger partial charge in [0.25, 0.3) is 11.1 Å². The number of hydrogen-bond acceptors (Lipinski definition) is 3. The van der Waals surface area contributed by atoms with E-state index in [1.807, 2.05) is 0 Å². The molecule has 4 aromatic rings. The van der Waals surface area contributed by atoms with E-state index in [0.717, 1.165) is 16.8 Å². The average molecular weight is 422 g/mol. The zero-order valence-corrected chi connectivity index (χ0v) is 15.2. The van der Waals surface area contributed by atoms with Gasteiger partial charge >= 0.3 is 6.18 Å². The maximum absolute atomic E-state index is 12.8. The van der Waals surface area contributed by atoms with Gasteiger partial charge in [-0.15, -0.1) is 0 Å². The number of hydrogen-bond donors (Lipinski definition) is 2. The summed E-state index contributed by atoms with van der Waals surface area (Å²) in [6.45, 7) is -0.208. The van der Waals surface area contributed by atoms with Crippen LogP contribution in [0.4, 0.5) is 13.2 Å². The van der Waals surface area contributed by atoms with Gasteiger partial charge in [0.15, 0.2) is 0 Å². The lowest BCUT2D eigenvalue weighted by Crippen LogP contribution is -2.34. The highest BCUT2D eigenvalue weighted by molar-refractivity contribution is 6.31. The molecule has 0 amide bonds. The van der Waals surface area contributed by atoms with Crippen molar-refractivity contribution in [1.29, 1.82) is 0 Å². The molecule has 0 radical (unpaired) electrons. The molecule has 2 aromatic heterocycles. The monoisotopic (exact) mass is 421 g/mol. The number of alkyl halides is 3. The number of benzene rings is 2. The number of pyridine rings is 1. The summed E-state index contributed by atoms with van der Waals surface area (Å²) in [6, 6.07) is 8.54. The molecular formula is C19H11ClF3N3O3. The Hall–Kier alpha value is -3.33. The number of rotatable bonds is 2.